The van der Waals surface area contributed by atoms with Crippen molar-refractivity contribution in [2.45, 2.75) is 39.2 Å². The van der Waals surface area contributed by atoms with Gasteiger partial charge in [-0.2, -0.15) is 5.10 Å². The minimum atomic E-state index is -0.0983. The molecule has 6 nitrogen and oxygen atoms in total. The van der Waals surface area contributed by atoms with Gasteiger partial charge in [0.05, 0.1) is 18.4 Å². The number of unbranched alkanes of at least 4 members (excludes halogenated alkanes) is 1. The Morgan fingerprint density at radius 2 is 1.93 bits per heavy atom. The van der Waals surface area contributed by atoms with Crippen LogP contribution in [0.4, 0.5) is 5.69 Å². The fraction of sp³-hybridized carbons (Fsp3) is 0.500. The van der Waals surface area contributed by atoms with Crippen LogP contribution in [0, 0.1) is 5.92 Å². The zero-order valence-electron chi connectivity index (χ0n) is 16.9. The van der Waals surface area contributed by atoms with E-state index in [9.17, 15) is 9.59 Å². The molecule has 1 aromatic carbocycles. The highest BCUT2D eigenvalue weighted by Gasteiger charge is 2.27. The number of nitrogens with zero attached hydrogens (tertiary/aromatic N) is 4. The summed E-state index contributed by atoms with van der Waals surface area (Å²) in [5, 5.41) is 4.35. The second-order valence-electron chi connectivity index (χ2n) is 7.57. The normalized spacial score (nSPS) is 14.9. The predicted octanol–water partition coefficient (Wildman–Crippen LogP) is 2.77. The van der Waals surface area contributed by atoms with Gasteiger partial charge >= 0.3 is 0 Å². The topological polar surface area (TPSA) is 58.4 Å². The molecule has 6 heteroatoms. The minimum absolute atomic E-state index is 0.0875. The van der Waals surface area contributed by atoms with E-state index in [4.69, 9.17) is 0 Å². The molecule has 2 aromatic rings. The van der Waals surface area contributed by atoms with Crippen molar-refractivity contribution in [2.24, 2.45) is 5.92 Å². The predicted molar refractivity (Wildman–Crippen MR) is 112 cm³/mol. The fourth-order valence-electron chi connectivity index (χ4n) is 3.67. The molecule has 1 aromatic heterocycles. The van der Waals surface area contributed by atoms with Crippen molar-refractivity contribution < 1.29 is 4.79 Å². The highest BCUT2D eigenvalue weighted by atomic mass is 16.2. The molecule has 1 fully saturated rings. The van der Waals surface area contributed by atoms with Crippen molar-refractivity contribution in [3.63, 3.8) is 0 Å². The molecule has 0 N–H and O–H groups in total. The summed E-state index contributed by atoms with van der Waals surface area (Å²) in [6.45, 7) is 5.00. The van der Waals surface area contributed by atoms with E-state index in [1.807, 2.05) is 42.3 Å². The molecular formula is C22H30N4O2. The molecule has 150 valence electrons. The van der Waals surface area contributed by atoms with Crippen LogP contribution in [0.1, 0.15) is 38.2 Å². The Hall–Kier alpha value is -2.63. The van der Waals surface area contributed by atoms with E-state index in [1.54, 1.807) is 12.3 Å². The summed E-state index contributed by atoms with van der Waals surface area (Å²) in [6.07, 6.45) is 5.55. The first-order chi connectivity index (χ1) is 13.6. The molecule has 1 saturated heterocycles. The van der Waals surface area contributed by atoms with E-state index in [0.717, 1.165) is 56.6 Å². The third kappa shape index (κ3) is 5.00. The summed E-state index contributed by atoms with van der Waals surface area (Å²) in [6, 6.07) is 11.5. The number of aromatic nitrogens is 2. The standard InChI is InChI=1S/C22H30N4O2/c1-3-4-12-24(2)22(28)19-10-13-25(14-11-19)20-15-21(27)26(23-16-20)17-18-8-6-5-7-9-18/h5-9,15-16,19H,3-4,10-14,17H2,1-2H3. The van der Waals surface area contributed by atoms with Gasteiger partial charge in [-0.1, -0.05) is 43.7 Å². The molecule has 0 spiro atoms. The van der Waals surface area contributed by atoms with E-state index < -0.39 is 0 Å². The second-order valence-corrected chi connectivity index (χ2v) is 7.57. The van der Waals surface area contributed by atoms with Gasteiger partial charge in [-0.15, -0.1) is 0 Å². The van der Waals surface area contributed by atoms with Crippen LogP contribution in [0.2, 0.25) is 0 Å². The average Bonchev–Trinajstić information content (AvgIpc) is 2.74. The van der Waals surface area contributed by atoms with Crippen LogP contribution >= 0.6 is 0 Å². The van der Waals surface area contributed by atoms with E-state index in [2.05, 4.69) is 16.9 Å². The molecule has 0 saturated carbocycles. The molecule has 0 unspecified atom stereocenters. The lowest BCUT2D eigenvalue weighted by molar-refractivity contribution is -0.134. The van der Waals surface area contributed by atoms with E-state index >= 15 is 0 Å². The number of benzene rings is 1. The number of amides is 1. The lowest BCUT2D eigenvalue weighted by Crippen LogP contribution is -2.42. The molecule has 2 heterocycles. The molecule has 1 aliphatic rings. The van der Waals surface area contributed by atoms with Crippen LogP contribution in [-0.2, 0) is 11.3 Å². The van der Waals surface area contributed by atoms with Gasteiger partial charge in [-0.05, 0) is 24.8 Å². The van der Waals surface area contributed by atoms with Gasteiger partial charge in [-0.3, -0.25) is 9.59 Å². The van der Waals surface area contributed by atoms with Crippen molar-refractivity contribution in [1.82, 2.24) is 14.7 Å². The molecule has 1 amide bonds. The van der Waals surface area contributed by atoms with Crippen molar-refractivity contribution in [3.05, 3.63) is 58.5 Å². The Morgan fingerprint density at radius 1 is 1.21 bits per heavy atom. The number of carbonyl (C=O) groups excluding carboxylic acids is 1. The van der Waals surface area contributed by atoms with Crippen molar-refractivity contribution in [1.29, 1.82) is 0 Å². The minimum Gasteiger partial charge on any atom is -0.370 e. The zero-order valence-corrected chi connectivity index (χ0v) is 16.9. The summed E-state index contributed by atoms with van der Waals surface area (Å²) in [5.41, 5.74) is 1.80. The number of anilines is 1. The number of hydrogen-bond acceptors (Lipinski definition) is 4. The Balaban J connectivity index is 1.58. The van der Waals surface area contributed by atoms with Gasteiger partial charge in [0.2, 0.25) is 5.91 Å². The average molecular weight is 383 g/mol. The maximum absolute atomic E-state index is 12.6. The van der Waals surface area contributed by atoms with Crippen LogP contribution in [0.5, 0.6) is 0 Å². The van der Waals surface area contributed by atoms with Crippen LogP contribution in [0.15, 0.2) is 47.4 Å². The van der Waals surface area contributed by atoms with Gasteiger partial charge in [0.25, 0.3) is 5.56 Å². The Bertz CT molecular complexity index is 826. The van der Waals surface area contributed by atoms with E-state index in [0.29, 0.717) is 6.54 Å². The van der Waals surface area contributed by atoms with E-state index in [-0.39, 0.29) is 17.4 Å². The first kappa shape index (κ1) is 20.1. The van der Waals surface area contributed by atoms with Crippen LogP contribution in [0.3, 0.4) is 0 Å². The SMILES string of the molecule is CCCCN(C)C(=O)C1CCN(c2cnn(Cc3ccccc3)c(=O)c2)CC1. The number of rotatable bonds is 7. The van der Waals surface area contributed by atoms with Gasteiger partial charge in [0, 0.05) is 38.7 Å². The summed E-state index contributed by atoms with van der Waals surface area (Å²) in [4.78, 5) is 29.1. The van der Waals surface area contributed by atoms with Crippen LogP contribution < -0.4 is 10.5 Å². The summed E-state index contributed by atoms with van der Waals surface area (Å²) < 4.78 is 1.48. The van der Waals surface area contributed by atoms with Crippen LogP contribution in [0.25, 0.3) is 0 Å². The maximum atomic E-state index is 12.6. The van der Waals surface area contributed by atoms with Gasteiger partial charge in [-0.25, -0.2) is 4.68 Å². The first-order valence-corrected chi connectivity index (χ1v) is 10.2. The Labute approximate surface area is 166 Å². The fourth-order valence-corrected chi connectivity index (χ4v) is 3.67. The molecule has 0 atom stereocenters. The second kappa shape index (κ2) is 9.53. The third-order valence-corrected chi connectivity index (χ3v) is 5.46. The quantitative estimate of drug-likeness (QED) is 0.739. The molecule has 1 aliphatic heterocycles. The molecule has 3 rings (SSSR count). The third-order valence-electron chi connectivity index (χ3n) is 5.46. The monoisotopic (exact) mass is 382 g/mol. The van der Waals surface area contributed by atoms with E-state index in [1.165, 1.54) is 4.68 Å². The van der Waals surface area contributed by atoms with Gasteiger partial charge in [0.15, 0.2) is 0 Å². The van der Waals surface area contributed by atoms with Crippen molar-refractivity contribution in [3.8, 4) is 0 Å². The summed E-state index contributed by atoms with van der Waals surface area (Å²) >= 11 is 0. The van der Waals surface area contributed by atoms with Crippen molar-refractivity contribution in [2.75, 3.05) is 31.6 Å². The van der Waals surface area contributed by atoms with Crippen molar-refractivity contribution >= 4 is 11.6 Å². The Morgan fingerprint density at radius 3 is 2.57 bits per heavy atom. The molecular weight excluding hydrogens is 352 g/mol. The molecule has 0 bridgehead atoms. The lowest BCUT2D eigenvalue weighted by atomic mass is 9.95. The highest BCUT2D eigenvalue weighted by Crippen LogP contribution is 2.23. The summed E-state index contributed by atoms with van der Waals surface area (Å²) in [7, 11) is 1.90. The highest BCUT2D eigenvalue weighted by molar-refractivity contribution is 5.78. The molecule has 0 aliphatic carbocycles. The smallest absolute Gasteiger partial charge is 0.269 e. The number of carbonyl (C=O) groups is 1. The Kier molecular flexibility index (Phi) is 6.85. The molecule has 0 radical (unpaired) electrons. The van der Waals surface area contributed by atoms with Gasteiger partial charge in [0.1, 0.15) is 0 Å². The lowest BCUT2D eigenvalue weighted by Gasteiger charge is -2.34. The largest absolute Gasteiger partial charge is 0.370 e. The van der Waals surface area contributed by atoms with Crippen LogP contribution in [-0.4, -0.2) is 47.3 Å². The van der Waals surface area contributed by atoms with Gasteiger partial charge < -0.3 is 9.80 Å². The number of piperidine rings is 1. The maximum Gasteiger partial charge on any atom is 0.269 e. The summed E-state index contributed by atoms with van der Waals surface area (Å²) in [5.74, 6) is 0.342. The first-order valence-electron chi connectivity index (χ1n) is 10.2. The number of hydrogen-bond donors (Lipinski definition) is 0. The molecule has 28 heavy (non-hydrogen) atoms. The zero-order chi connectivity index (χ0) is 19.9.